The number of nitrogens with zero attached hydrogens (tertiary/aromatic N) is 2. The Hall–Kier alpha value is -3.79. The number of H-pyrrole nitrogens is 1. The van der Waals surface area contributed by atoms with Gasteiger partial charge in [0.15, 0.2) is 6.04 Å². The van der Waals surface area contributed by atoms with Crippen LogP contribution in [0, 0.1) is 11.3 Å². The molecule has 3 rings (SSSR count). The quantitative estimate of drug-likeness (QED) is 0.563. The molecule has 7 heteroatoms. The highest BCUT2D eigenvalue weighted by Gasteiger charge is 2.24. The van der Waals surface area contributed by atoms with E-state index in [-0.39, 0.29) is 6.61 Å². The first-order valence-electron chi connectivity index (χ1n) is 9.35. The van der Waals surface area contributed by atoms with Crippen LogP contribution in [0.15, 0.2) is 54.9 Å². The molecule has 148 valence electrons. The van der Waals surface area contributed by atoms with Crippen molar-refractivity contribution in [1.29, 1.82) is 5.26 Å². The van der Waals surface area contributed by atoms with E-state index >= 15 is 0 Å². The van der Waals surface area contributed by atoms with Gasteiger partial charge in [0.2, 0.25) is 0 Å². The Morgan fingerprint density at radius 2 is 2.00 bits per heavy atom. The molecule has 0 spiro atoms. The third-order valence-electron chi connectivity index (χ3n) is 4.19. The van der Waals surface area contributed by atoms with Crippen LogP contribution < -0.4 is 10.1 Å². The van der Waals surface area contributed by atoms with Gasteiger partial charge in [-0.15, -0.1) is 0 Å². The number of nitriles is 1. The van der Waals surface area contributed by atoms with E-state index in [9.17, 15) is 4.79 Å². The maximum atomic E-state index is 12.7. The minimum absolute atomic E-state index is 0.264. The second-order valence-electron chi connectivity index (χ2n) is 6.18. The van der Waals surface area contributed by atoms with Gasteiger partial charge in [-0.2, -0.15) is 5.26 Å². The molecule has 1 atom stereocenters. The number of esters is 1. The average Bonchev–Trinajstić information content (AvgIpc) is 3.27. The fraction of sp³-hybridized carbons (Fsp3) is 0.227. The minimum Gasteiger partial charge on any atom is -0.494 e. The first-order chi connectivity index (χ1) is 14.1. The van der Waals surface area contributed by atoms with Gasteiger partial charge in [-0.3, -0.25) is 0 Å². The zero-order chi connectivity index (χ0) is 20.6. The number of imidazole rings is 1. The van der Waals surface area contributed by atoms with E-state index in [1.165, 1.54) is 0 Å². The van der Waals surface area contributed by atoms with Crippen LogP contribution >= 0.6 is 0 Å². The van der Waals surface area contributed by atoms with Gasteiger partial charge in [0.1, 0.15) is 11.6 Å². The van der Waals surface area contributed by atoms with E-state index < -0.39 is 12.0 Å². The maximum Gasteiger partial charge on any atom is 0.333 e. The Morgan fingerprint density at radius 1 is 1.21 bits per heavy atom. The number of aromatic nitrogens is 2. The van der Waals surface area contributed by atoms with E-state index in [4.69, 9.17) is 14.7 Å². The summed E-state index contributed by atoms with van der Waals surface area (Å²) in [6, 6.07) is 13.8. The number of anilines is 1. The molecule has 1 aromatic heterocycles. The molecule has 2 N–H and O–H groups in total. The summed E-state index contributed by atoms with van der Waals surface area (Å²) < 4.78 is 11.0. The second-order valence-corrected chi connectivity index (χ2v) is 6.18. The zero-order valence-electron chi connectivity index (χ0n) is 16.3. The fourth-order valence-corrected chi connectivity index (χ4v) is 2.91. The maximum absolute atomic E-state index is 12.7. The van der Waals surface area contributed by atoms with Crippen LogP contribution in [0.1, 0.15) is 31.0 Å². The topological polar surface area (TPSA) is 100 Å². The normalized spacial score (nSPS) is 11.3. The van der Waals surface area contributed by atoms with Gasteiger partial charge in [0, 0.05) is 23.6 Å². The van der Waals surface area contributed by atoms with Crippen LogP contribution in [0.4, 0.5) is 5.69 Å². The zero-order valence-corrected chi connectivity index (χ0v) is 16.3. The average molecular weight is 390 g/mol. The monoisotopic (exact) mass is 390 g/mol. The number of rotatable bonds is 8. The molecule has 0 aliphatic rings. The number of benzene rings is 2. The molecular formula is C22H22N4O3. The Labute approximate surface area is 169 Å². The van der Waals surface area contributed by atoms with Crippen molar-refractivity contribution in [1.82, 2.24) is 9.97 Å². The van der Waals surface area contributed by atoms with Crippen LogP contribution in [0.5, 0.6) is 5.75 Å². The van der Waals surface area contributed by atoms with Gasteiger partial charge in [0.25, 0.3) is 0 Å². The molecule has 3 aromatic rings. The highest BCUT2D eigenvalue weighted by molar-refractivity contribution is 5.82. The molecule has 1 heterocycles. The summed E-state index contributed by atoms with van der Waals surface area (Å²) >= 11 is 0. The van der Waals surface area contributed by atoms with E-state index in [1.807, 2.05) is 25.1 Å². The lowest BCUT2D eigenvalue weighted by molar-refractivity contribution is -0.144. The van der Waals surface area contributed by atoms with Crippen molar-refractivity contribution in [2.24, 2.45) is 0 Å². The summed E-state index contributed by atoms with van der Waals surface area (Å²) in [7, 11) is 0. The largest absolute Gasteiger partial charge is 0.494 e. The Morgan fingerprint density at radius 3 is 2.62 bits per heavy atom. The summed E-state index contributed by atoms with van der Waals surface area (Å²) in [5, 5.41) is 12.2. The highest BCUT2D eigenvalue weighted by Crippen LogP contribution is 2.30. The third kappa shape index (κ3) is 4.93. The molecule has 29 heavy (non-hydrogen) atoms. The lowest BCUT2D eigenvalue weighted by atomic mass is 10.0. The number of hydrogen-bond acceptors (Lipinski definition) is 6. The first kappa shape index (κ1) is 20.0. The van der Waals surface area contributed by atoms with Crippen LogP contribution in [-0.4, -0.2) is 29.2 Å². The predicted octanol–water partition coefficient (Wildman–Crippen LogP) is 4.06. The molecule has 0 radical (unpaired) electrons. The SMILES string of the molecule is CCOC(=O)C(Nc1ccc(C#N)cc1)c1cc(OCC)cc(-c2ncc[nH]2)c1. The molecular weight excluding hydrogens is 368 g/mol. The molecule has 0 saturated carbocycles. The lowest BCUT2D eigenvalue weighted by Crippen LogP contribution is -2.23. The number of carbonyl (C=O) groups excluding carboxylic acids is 1. The van der Waals surface area contributed by atoms with Crippen LogP contribution in [0.2, 0.25) is 0 Å². The molecule has 0 bridgehead atoms. The van der Waals surface area contributed by atoms with E-state index in [0.29, 0.717) is 35.0 Å². The van der Waals surface area contributed by atoms with Crippen molar-refractivity contribution in [3.63, 3.8) is 0 Å². The standard InChI is InChI=1S/C22H22N4O3/c1-3-28-19-12-16(11-17(13-19)21-24-9-10-25-21)20(22(27)29-4-2)26-18-7-5-15(14-23)6-8-18/h5-13,20,26H,3-4H2,1-2H3,(H,24,25). The molecule has 2 aromatic carbocycles. The number of hydrogen-bond donors (Lipinski definition) is 2. The van der Waals surface area contributed by atoms with Crippen LogP contribution in [-0.2, 0) is 9.53 Å². The summed E-state index contributed by atoms with van der Waals surface area (Å²) in [5.41, 5.74) is 2.72. The molecule has 0 aliphatic carbocycles. The summed E-state index contributed by atoms with van der Waals surface area (Å²) in [4.78, 5) is 20.1. The van der Waals surface area contributed by atoms with Gasteiger partial charge in [-0.25, -0.2) is 9.78 Å². The van der Waals surface area contributed by atoms with E-state index in [0.717, 1.165) is 5.56 Å². The number of carbonyl (C=O) groups is 1. The Bertz CT molecular complexity index is 992. The van der Waals surface area contributed by atoms with E-state index in [2.05, 4.69) is 21.4 Å². The lowest BCUT2D eigenvalue weighted by Gasteiger charge is -2.20. The van der Waals surface area contributed by atoms with Crippen molar-refractivity contribution in [2.75, 3.05) is 18.5 Å². The molecule has 0 amide bonds. The van der Waals surface area contributed by atoms with Crippen LogP contribution in [0.25, 0.3) is 11.4 Å². The predicted molar refractivity (Wildman–Crippen MR) is 109 cm³/mol. The van der Waals surface area contributed by atoms with Crippen molar-refractivity contribution in [3.8, 4) is 23.2 Å². The third-order valence-corrected chi connectivity index (χ3v) is 4.19. The molecule has 0 aliphatic heterocycles. The fourth-order valence-electron chi connectivity index (χ4n) is 2.91. The number of ether oxygens (including phenoxy) is 2. The van der Waals surface area contributed by atoms with Gasteiger partial charge in [0.05, 0.1) is 24.8 Å². The van der Waals surface area contributed by atoms with Gasteiger partial charge in [-0.05, 0) is 61.9 Å². The van der Waals surface area contributed by atoms with Gasteiger partial charge < -0.3 is 19.8 Å². The van der Waals surface area contributed by atoms with Crippen LogP contribution in [0.3, 0.4) is 0 Å². The molecule has 0 fully saturated rings. The molecule has 7 nitrogen and oxygen atoms in total. The summed E-state index contributed by atoms with van der Waals surface area (Å²) in [6.45, 7) is 4.42. The van der Waals surface area contributed by atoms with Gasteiger partial charge in [-0.1, -0.05) is 0 Å². The smallest absolute Gasteiger partial charge is 0.333 e. The summed E-state index contributed by atoms with van der Waals surface area (Å²) in [5.74, 6) is 0.900. The summed E-state index contributed by atoms with van der Waals surface area (Å²) in [6.07, 6.45) is 3.40. The Kier molecular flexibility index (Phi) is 6.48. The van der Waals surface area contributed by atoms with Crippen molar-refractivity contribution >= 4 is 11.7 Å². The van der Waals surface area contributed by atoms with Gasteiger partial charge >= 0.3 is 5.97 Å². The molecule has 0 saturated heterocycles. The van der Waals surface area contributed by atoms with E-state index in [1.54, 1.807) is 43.6 Å². The van der Waals surface area contributed by atoms with Crippen molar-refractivity contribution < 1.29 is 14.3 Å². The number of nitrogens with one attached hydrogen (secondary N) is 2. The second kappa shape index (κ2) is 9.42. The first-order valence-corrected chi connectivity index (χ1v) is 9.35. The highest BCUT2D eigenvalue weighted by atomic mass is 16.5. The minimum atomic E-state index is -0.753. The Balaban J connectivity index is 2.01. The van der Waals surface area contributed by atoms with Crippen molar-refractivity contribution in [3.05, 3.63) is 66.0 Å². The number of aromatic amines is 1. The van der Waals surface area contributed by atoms with Crippen molar-refractivity contribution in [2.45, 2.75) is 19.9 Å². The molecule has 1 unspecified atom stereocenters.